The molecule has 1 amide bonds. The van der Waals surface area contributed by atoms with Crippen molar-refractivity contribution in [2.45, 2.75) is 37.5 Å². The molecule has 5 rings (SSSR count). The van der Waals surface area contributed by atoms with Crippen LogP contribution in [0.15, 0.2) is 70.6 Å². The minimum Gasteiger partial charge on any atom is -0.461 e. The van der Waals surface area contributed by atoms with E-state index in [0.29, 0.717) is 29.2 Å². The molecule has 1 aliphatic rings. The predicted molar refractivity (Wildman–Crippen MR) is 122 cm³/mol. The van der Waals surface area contributed by atoms with Crippen molar-refractivity contribution in [3.63, 3.8) is 0 Å². The van der Waals surface area contributed by atoms with E-state index in [9.17, 15) is 4.79 Å². The number of furan rings is 1. The summed E-state index contributed by atoms with van der Waals surface area (Å²) >= 11 is 1.35. The molecule has 164 valence electrons. The molecule has 3 heterocycles. The smallest absolute Gasteiger partial charge is 0.235 e. The Labute approximate surface area is 190 Å². The van der Waals surface area contributed by atoms with Gasteiger partial charge in [0.05, 0.1) is 30.8 Å². The van der Waals surface area contributed by atoms with E-state index in [2.05, 4.69) is 39.7 Å². The lowest BCUT2D eigenvalue weighted by Gasteiger charge is -2.15. The van der Waals surface area contributed by atoms with Crippen LogP contribution in [0.3, 0.4) is 0 Å². The third-order valence-electron chi connectivity index (χ3n) is 5.60. The topological polar surface area (TPSA) is 90.8 Å². The number of carbonyl (C=O) groups excluding carboxylic acids is 1. The number of hydrogen-bond donors (Lipinski definition) is 1. The normalized spacial score (nSPS) is 14.4. The van der Waals surface area contributed by atoms with Gasteiger partial charge in [-0.2, -0.15) is 5.10 Å². The van der Waals surface area contributed by atoms with Gasteiger partial charge in [-0.1, -0.05) is 42.1 Å². The first-order chi connectivity index (χ1) is 15.7. The lowest BCUT2D eigenvalue weighted by Crippen LogP contribution is -2.20. The number of hydrogen-bond acceptors (Lipinski definition) is 6. The molecule has 0 radical (unpaired) electrons. The van der Waals surface area contributed by atoms with Crippen molar-refractivity contribution in [2.24, 2.45) is 5.92 Å². The minimum absolute atomic E-state index is 0.103. The van der Waals surface area contributed by atoms with Crippen LogP contribution < -0.4 is 5.32 Å². The molecule has 0 spiro atoms. The van der Waals surface area contributed by atoms with Gasteiger partial charge in [-0.05, 0) is 43.4 Å². The van der Waals surface area contributed by atoms with Crippen molar-refractivity contribution < 1.29 is 9.21 Å². The number of rotatable bonds is 9. The molecule has 1 aliphatic carbocycles. The number of amides is 1. The SMILES string of the molecule is CC(C1CC1)n1nccc1NC(=O)CSc1nnc(-c2ccco2)n1Cc1ccccc1. The van der Waals surface area contributed by atoms with E-state index in [1.54, 1.807) is 12.5 Å². The summed E-state index contributed by atoms with van der Waals surface area (Å²) in [6.45, 7) is 2.73. The van der Waals surface area contributed by atoms with Gasteiger partial charge in [0.2, 0.25) is 11.7 Å². The van der Waals surface area contributed by atoms with E-state index < -0.39 is 0 Å². The molecule has 1 fully saturated rings. The lowest BCUT2D eigenvalue weighted by atomic mass is 10.2. The molecule has 0 aliphatic heterocycles. The predicted octanol–water partition coefficient (Wildman–Crippen LogP) is 4.48. The Morgan fingerprint density at radius 1 is 1.19 bits per heavy atom. The number of nitrogens with one attached hydrogen (secondary N) is 1. The first kappa shape index (κ1) is 20.6. The largest absolute Gasteiger partial charge is 0.461 e. The van der Waals surface area contributed by atoms with Gasteiger partial charge in [-0.15, -0.1) is 10.2 Å². The number of anilines is 1. The highest BCUT2D eigenvalue weighted by Gasteiger charge is 2.30. The Morgan fingerprint density at radius 2 is 2.03 bits per heavy atom. The maximum absolute atomic E-state index is 12.7. The van der Waals surface area contributed by atoms with Crippen molar-refractivity contribution in [3.05, 3.63) is 66.6 Å². The number of carbonyl (C=O) groups is 1. The highest BCUT2D eigenvalue weighted by atomic mass is 32.2. The van der Waals surface area contributed by atoms with E-state index in [4.69, 9.17) is 4.42 Å². The summed E-state index contributed by atoms with van der Waals surface area (Å²) in [7, 11) is 0. The fourth-order valence-corrected chi connectivity index (χ4v) is 4.46. The van der Waals surface area contributed by atoms with E-state index in [1.807, 2.05) is 45.6 Å². The molecule has 9 heteroatoms. The average molecular weight is 449 g/mol. The zero-order chi connectivity index (χ0) is 21.9. The maximum Gasteiger partial charge on any atom is 0.235 e. The van der Waals surface area contributed by atoms with Crippen molar-refractivity contribution >= 4 is 23.5 Å². The summed E-state index contributed by atoms with van der Waals surface area (Å²) in [5.74, 6) is 2.77. The summed E-state index contributed by atoms with van der Waals surface area (Å²) in [6.07, 6.45) is 5.79. The number of nitrogens with zero attached hydrogens (tertiary/aromatic N) is 5. The van der Waals surface area contributed by atoms with E-state index in [1.165, 1.54) is 24.6 Å². The van der Waals surface area contributed by atoms with Crippen LogP contribution in [0.2, 0.25) is 0 Å². The lowest BCUT2D eigenvalue weighted by molar-refractivity contribution is -0.113. The Hall–Kier alpha value is -3.33. The molecule has 1 N–H and O–H groups in total. The summed E-state index contributed by atoms with van der Waals surface area (Å²) in [4.78, 5) is 12.7. The number of benzene rings is 1. The molecule has 8 nitrogen and oxygen atoms in total. The summed E-state index contributed by atoms with van der Waals surface area (Å²) in [5, 5.41) is 16.7. The molecule has 0 bridgehead atoms. The molecular weight excluding hydrogens is 424 g/mol. The van der Waals surface area contributed by atoms with Gasteiger partial charge >= 0.3 is 0 Å². The second-order valence-electron chi connectivity index (χ2n) is 7.93. The van der Waals surface area contributed by atoms with Crippen LogP contribution >= 0.6 is 11.8 Å². The van der Waals surface area contributed by atoms with E-state index >= 15 is 0 Å². The molecule has 1 aromatic carbocycles. The molecule has 1 atom stereocenters. The first-order valence-corrected chi connectivity index (χ1v) is 11.6. The Bertz CT molecular complexity index is 1180. The van der Waals surface area contributed by atoms with Gasteiger partial charge in [0.25, 0.3) is 0 Å². The standard InChI is InChI=1S/C23H24N6O2S/c1-16(18-9-10-18)29-20(11-12-24-29)25-21(30)15-32-23-27-26-22(19-8-5-13-31-19)28(23)14-17-6-3-2-4-7-17/h2-8,11-13,16,18H,9-10,14-15H2,1H3,(H,25,30). The van der Waals surface area contributed by atoms with Gasteiger partial charge in [0.1, 0.15) is 5.82 Å². The van der Waals surface area contributed by atoms with Crippen molar-refractivity contribution in [2.75, 3.05) is 11.1 Å². The number of aromatic nitrogens is 5. The first-order valence-electron chi connectivity index (χ1n) is 10.7. The Kier molecular flexibility index (Phi) is 5.81. The number of thioether (sulfide) groups is 1. The van der Waals surface area contributed by atoms with E-state index in [-0.39, 0.29) is 17.7 Å². The second kappa shape index (κ2) is 9.04. The monoisotopic (exact) mass is 448 g/mol. The van der Waals surface area contributed by atoms with Gasteiger partial charge < -0.3 is 9.73 Å². The van der Waals surface area contributed by atoms with Gasteiger partial charge in [-0.3, -0.25) is 9.36 Å². The van der Waals surface area contributed by atoms with Gasteiger partial charge in [0, 0.05) is 6.07 Å². The Morgan fingerprint density at radius 3 is 2.78 bits per heavy atom. The maximum atomic E-state index is 12.7. The Balaban J connectivity index is 1.30. The highest BCUT2D eigenvalue weighted by Crippen LogP contribution is 2.40. The van der Waals surface area contributed by atoms with Gasteiger partial charge in [0.15, 0.2) is 10.9 Å². The van der Waals surface area contributed by atoms with Crippen molar-refractivity contribution in [1.29, 1.82) is 0 Å². The van der Waals surface area contributed by atoms with E-state index in [0.717, 1.165) is 11.4 Å². The molecule has 1 unspecified atom stereocenters. The average Bonchev–Trinajstić information content (AvgIpc) is 3.15. The third kappa shape index (κ3) is 4.47. The molecule has 1 saturated carbocycles. The summed E-state index contributed by atoms with van der Waals surface area (Å²) < 4.78 is 9.43. The fourth-order valence-electron chi connectivity index (χ4n) is 3.72. The van der Waals surface area contributed by atoms with Crippen molar-refractivity contribution in [3.8, 4) is 11.6 Å². The molecule has 0 saturated heterocycles. The van der Waals surface area contributed by atoms with Crippen molar-refractivity contribution in [1.82, 2.24) is 24.5 Å². The summed E-state index contributed by atoms with van der Waals surface area (Å²) in [6, 6.07) is 15.9. The fraction of sp³-hybridized carbons (Fsp3) is 0.304. The minimum atomic E-state index is -0.103. The summed E-state index contributed by atoms with van der Waals surface area (Å²) in [5.41, 5.74) is 1.12. The van der Waals surface area contributed by atoms with Crippen LogP contribution in [-0.4, -0.2) is 36.2 Å². The molecule has 3 aromatic heterocycles. The second-order valence-corrected chi connectivity index (χ2v) is 8.87. The quantitative estimate of drug-likeness (QED) is 0.380. The zero-order valence-electron chi connectivity index (χ0n) is 17.7. The molecular formula is C23H24N6O2S. The molecule has 32 heavy (non-hydrogen) atoms. The zero-order valence-corrected chi connectivity index (χ0v) is 18.5. The highest BCUT2D eigenvalue weighted by molar-refractivity contribution is 7.99. The van der Waals surface area contributed by atoms with Crippen LogP contribution in [0.25, 0.3) is 11.6 Å². The van der Waals surface area contributed by atoms with Crippen LogP contribution in [0, 0.1) is 5.92 Å². The van der Waals surface area contributed by atoms with Crippen LogP contribution in [-0.2, 0) is 11.3 Å². The molecule has 4 aromatic rings. The third-order valence-corrected chi connectivity index (χ3v) is 6.57. The van der Waals surface area contributed by atoms with Crippen LogP contribution in [0.5, 0.6) is 0 Å². The van der Waals surface area contributed by atoms with Crippen LogP contribution in [0.1, 0.15) is 31.4 Å². The van der Waals surface area contributed by atoms with Gasteiger partial charge in [-0.25, -0.2) is 4.68 Å². The van der Waals surface area contributed by atoms with Crippen LogP contribution in [0.4, 0.5) is 5.82 Å².